The first-order chi connectivity index (χ1) is 15.9. The van der Waals surface area contributed by atoms with Crippen molar-refractivity contribution < 1.29 is 17.9 Å². The van der Waals surface area contributed by atoms with E-state index >= 15 is 0 Å². The molecule has 1 aromatic carbocycles. The Morgan fingerprint density at radius 2 is 2.06 bits per heavy atom. The first-order valence-corrected chi connectivity index (χ1v) is 13.1. The van der Waals surface area contributed by atoms with Crippen LogP contribution in [-0.2, 0) is 14.8 Å². The molecule has 9 nitrogen and oxygen atoms in total. The molecule has 11 heteroatoms. The van der Waals surface area contributed by atoms with Crippen molar-refractivity contribution in [1.29, 1.82) is 0 Å². The van der Waals surface area contributed by atoms with Crippen molar-refractivity contribution in [2.45, 2.75) is 43.7 Å². The van der Waals surface area contributed by atoms with Crippen LogP contribution in [0.15, 0.2) is 29.3 Å². The predicted molar refractivity (Wildman–Crippen MR) is 130 cm³/mol. The number of benzene rings is 1. The molecule has 33 heavy (non-hydrogen) atoms. The molecule has 0 radical (unpaired) electrons. The Morgan fingerprint density at radius 1 is 1.30 bits per heavy atom. The van der Waals surface area contributed by atoms with E-state index in [1.165, 1.54) is 4.31 Å². The van der Waals surface area contributed by atoms with Gasteiger partial charge in [-0.15, -0.1) is 0 Å². The second-order valence-corrected chi connectivity index (χ2v) is 10.6. The van der Waals surface area contributed by atoms with Crippen molar-refractivity contribution in [3.05, 3.63) is 35.7 Å². The van der Waals surface area contributed by atoms with E-state index in [0.717, 1.165) is 29.8 Å². The summed E-state index contributed by atoms with van der Waals surface area (Å²) in [7, 11) is -1.65. The molecule has 0 saturated carbocycles. The second-order valence-electron chi connectivity index (χ2n) is 8.24. The van der Waals surface area contributed by atoms with Crippen LogP contribution in [0.3, 0.4) is 0 Å². The number of ether oxygens (including phenoxy) is 2. The number of likely N-dealkylation sites (N-methyl/N-ethyl adjacent to an activating group) is 1. The first-order valence-electron chi connectivity index (χ1n) is 11.3. The van der Waals surface area contributed by atoms with E-state index in [4.69, 9.17) is 21.7 Å². The van der Waals surface area contributed by atoms with Crippen LogP contribution >= 0.6 is 12.2 Å². The van der Waals surface area contributed by atoms with Gasteiger partial charge in [-0.1, -0.05) is 26.1 Å². The van der Waals surface area contributed by atoms with E-state index in [1.54, 1.807) is 24.4 Å². The first kappa shape index (κ1) is 23.9. The summed E-state index contributed by atoms with van der Waals surface area (Å²) in [5.74, 6) is 0.617. The van der Waals surface area contributed by atoms with Crippen molar-refractivity contribution in [2.24, 2.45) is 0 Å². The minimum atomic E-state index is -3.64. The number of nitrogens with zero attached hydrogens (tertiary/aromatic N) is 3. The van der Waals surface area contributed by atoms with Crippen LogP contribution in [0.25, 0.3) is 0 Å². The molecule has 2 atom stereocenters. The molecule has 3 heterocycles. The van der Waals surface area contributed by atoms with Crippen molar-refractivity contribution in [1.82, 2.24) is 19.8 Å². The molecule has 2 unspecified atom stereocenters. The Balaban J connectivity index is 1.74. The predicted octanol–water partition coefficient (Wildman–Crippen LogP) is 2.45. The monoisotopic (exact) mass is 493 g/mol. The lowest BCUT2D eigenvalue weighted by Gasteiger charge is -2.40. The van der Waals surface area contributed by atoms with E-state index in [2.05, 4.69) is 27.3 Å². The molecule has 1 aromatic heterocycles. The van der Waals surface area contributed by atoms with Crippen LogP contribution in [0.2, 0.25) is 0 Å². The van der Waals surface area contributed by atoms with Gasteiger partial charge < -0.3 is 19.7 Å². The number of thiocarbonyl (C=S) groups is 1. The third-order valence-electron chi connectivity index (χ3n) is 6.19. The number of morpholine rings is 1. The van der Waals surface area contributed by atoms with Gasteiger partial charge in [0.2, 0.25) is 10.0 Å². The van der Waals surface area contributed by atoms with Crippen molar-refractivity contribution >= 4 is 32.9 Å². The Kier molecular flexibility index (Phi) is 7.22. The Bertz CT molecular complexity index is 1100. The van der Waals surface area contributed by atoms with Crippen LogP contribution in [0.4, 0.5) is 5.69 Å². The maximum absolute atomic E-state index is 13.4. The van der Waals surface area contributed by atoms with Crippen molar-refractivity contribution in [3.63, 3.8) is 0 Å². The quantitative estimate of drug-likeness (QED) is 0.541. The summed E-state index contributed by atoms with van der Waals surface area (Å²) >= 11 is 5.58. The highest BCUT2D eigenvalue weighted by molar-refractivity contribution is 7.89. The van der Waals surface area contributed by atoms with E-state index in [9.17, 15) is 8.42 Å². The van der Waals surface area contributed by atoms with Crippen LogP contribution in [0.5, 0.6) is 5.75 Å². The standard InChI is InChI=1S/C22H31N5O4S2/c1-4-10-31-19-7-6-15(33(28,29)27-8-11-30-12-9-27)13-17(19)16(5-2)21-24-22(32)20-18(26(21)3)14-23-25-20/h6-7,13-14,16,21H,4-5,8-12H2,1-3H3,(H,23,25)(H,24,32). The number of nitrogens with one attached hydrogen (secondary N) is 2. The summed E-state index contributed by atoms with van der Waals surface area (Å²) in [6, 6.07) is 5.20. The van der Waals surface area contributed by atoms with Gasteiger partial charge in [0.05, 0.1) is 36.6 Å². The molecule has 1 fully saturated rings. The third-order valence-corrected chi connectivity index (χ3v) is 8.41. The number of fused-ring (bicyclic) bond motifs is 1. The third kappa shape index (κ3) is 4.59. The zero-order valence-electron chi connectivity index (χ0n) is 19.2. The highest BCUT2D eigenvalue weighted by Gasteiger charge is 2.36. The zero-order valence-corrected chi connectivity index (χ0v) is 20.8. The number of anilines is 1. The average molecular weight is 494 g/mol. The maximum Gasteiger partial charge on any atom is 0.243 e. The summed E-state index contributed by atoms with van der Waals surface area (Å²) in [6.07, 6.45) is 3.18. The Labute approximate surface area is 200 Å². The van der Waals surface area contributed by atoms with E-state index in [0.29, 0.717) is 43.6 Å². The van der Waals surface area contributed by atoms with Crippen LogP contribution in [-0.4, -0.2) is 74.0 Å². The van der Waals surface area contributed by atoms with Crippen molar-refractivity contribution in [3.8, 4) is 5.75 Å². The van der Waals surface area contributed by atoms with Gasteiger partial charge in [-0.25, -0.2) is 8.42 Å². The molecule has 180 valence electrons. The average Bonchev–Trinajstić information content (AvgIpc) is 3.33. The number of aromatic amines is 1. The van der Waals surface area contributed by atoms with Gasteiger partial charge in [0.15, 0.2) is 0 Å². The second kappa shape index (κ2) is 9.96. The normalized spacial score (nSPS) is 20.3. The molecule has 2 aliphatic rings. The number of hydrogen-bond acceptors (Lipinski definition) is 7. The fraction of sp³-hybridized carbons (Fsp3) is 0.545. The fourth-order valence-electron chi connectivity index (χ4n) is 4.41. The molecular formula is C22H31N5O4S2. The summed E-state index contributed by atoms with van der Waals surface area (Å²) < 4.78 is 39.6. The molecule has 2 N–H and O–H groups in total. The lowest BCUT2D eigenvalue weighted by Crippen LogP contribution is -2.53. The molecule has 4 rings (SSSR count). The van der Waals surface area contributed by atoms with Crippen molar-refractivity contribution in [2.75, 3.05) is 44.9 Å². The van der Waals surface area contributed by atoms with Gasteiger partial charge in [0.1, 0.15) is 22.6 Å². The van der Waals surface area contributed by atoms with E-state index in [1.807, 2.05) is 14.0 Å². The number of sulfonamides is 1. The molecule has 0 amide bonds. The lowest BCUT2D eigenvalue weighted by atomic mass is 9.90. The number of H-pyrrole nitrogens is 1. The van der Waals surface area contributed by atoms with Gasteiger partial charge >= 0.3 is 0 Å². The topological polar surface area (TPSA) is 99.8 Å². The number of aromatic nitrogens is 2. The number of hydrogen-bond donors (Lipinski definition) is 2. The highest BCUT2D eigenvalue weighted by atomic mass is 32.2. The van der Waals surface area contributed by atoms with Crippen LogP contribution in [0.1, 0.15) is 43.9 Å². The smallest absolute Gasteiger partial charge is 0.243 e. The Morgan fingerprint density at radius 3 is 2.76 bits per heavy atom. The molecule has 0 aliphatic carbocycles. The largest absolute Gasteiger partial charge is 0.493 e. The van der Waals surface area contributed by atoms with Gasteiger partial charge in [0.25, 0.3) is 0 Å². The van der Waals surface area contributed by atoms with E-state index < -0.39 is 10.0 Å². The van der Waals surface area contributed by atoms with Crippen LogP contribution in [0, 0.1) is 0 Å². The summed E-state index contributed by atoms with van der Waals surface area (Å²) in [4.78, 5) is 2.96. The summed E-state index contributed by atoms with van der Waals surface area (Å²) in [5.41, 5.74) is 2.54. The SMILES string of the molecule is CCCOc1ccc(S(=O)(=O)N2CCOCC2)cc1C(CC)C1NC(=S)c2[nH]ncc2N1C. The molecule has 1 saturated heterocycles. The van der Waals surface area contributed by atoms with E-state index in [-0.39, 0.29) is 17.0 Å². The minimum absolute atomic E-state index is 0.0808. The number of rotatable bonds is 8. The van der Waals surface area contributed by atoms with Gasteiger partial charge in [0, 0.05) is 31.6 Å². The molecule has 2 aliphatic heterocycles. The fourth-order valence-corrected chi connectivity index (χ4v) is 6.12. The molecule has 0 bridgehead atoms. The lowest BCUT2D eigenvalue weighted by molar-refractivity contribution is 0.0730. The highest BCUT2D eigenvalue weighted by Crippen LogP contribution is 2.38. The molecule has 2 aromatic rings. The zero-order chi connectivity index (χ0) is 23.6. The summed E-state index contributed by atoms with van der Waals surface area (Å²) in [6.45, 7) is 6.20. The van der Waals surface area contributed by atoms with Gasteiger partial charge in [-0.3, -0.25) is 5.10 Å². The van der Waals surface area contributed by atoms with Gasteiger partial charge in [-0.05, 0) is 31.0 Å². The Hall–Kier alpha value is -2.21. The molecule has 0 spiro atoms. The molecular weight excluding hydrogens is 462 g/mol. The van der Waals surface area contributed by atoms with Gasteiger partial charge in [-0.2, -0.15) is 9.40 Å². The summed E-state index contributed by atoms with van der Waals surface area (Å²) in [5, 5.41) is 10.5. The maximum atomic E-state index is 13.4. The minimum Gasteiger partial charge on any atom is -0.493 e. The van der Waals surface area contributed by atoms with Crippen LogP contribution < -0.4 is 15.0 Å².